The zero-order chi connectivity index (χ0) is 17.4. The van der Waals surface area contributed by atoms with Crippen molar-refractivity contribution < 1.29 is 9.63 Å². The van der Waals surface area contributed by atoms with Gasteiger partial charge in [0.1, 0.15) is 12.4 Å². The Morgan fingerprint density at radius 1 is 1.48 bits per heavy atom. The first kappa shape index (κ1) is 16.4. The average molecular weight is 344 g/mol. The summed E-state index contributed by atoms with van der Waals surface area (Å²) in [7, 11) is 1.82. The maximum absolute atomic E-state index is 12.4. The molecule has 0 spiro atoms. The van der Waals surface area contributed by atoms with Crippen LogP contribution in [0.2, 0.25) is 0 Å². The number of nitrogens with zero attached hydrogens (tertiary/aromatic N) is 3. The summed E-state index contributed by atoms with van der Waals surface area (Å²) < 4.78 is 0. The van der Waals surface area contributed by atoms with Gasteiger partial charge in [-0.1, -0.05) is 30.3 Å². The fraction of sp³-hybridized carbons (Fsp3) is 0.588. The number of hydroxylamine groups is 1. The van der Waals surface area contributed by atoms with Crippen molar-refractivity contribution in [1.82, 2.24) is 21.1 Å². The molecular formula is C17H24N6O2. The summed E-state index contributed by atoms with van der Waals surface area (Å²) in [6, 6.07) is 6.08. The van der Waals surface area contributed by atoms with Crippen LogP contribution in [0.3, 0.4) is 0 Å². The Morgan fingerprint density at radius 3 is 3.08 bits per heavy atom. The number of hydrogen-bond acceptors (Lipinski definition) is 7. The molecule has 4 rings (SSSR count). The molecule has 3 N–H and O–H groups in total. The second kappa shape index (κ2) is 6.70. The first-order chi connectivity index (χ1) is 12.1. The van der Waals surface area contributed by atoms with Crippen molar-refractivity contribution in [2.75, 3.05) is 13.6 Å². The summed E-state index contributed by atoms with van der Waals surface area (Å²) in [5.41, 5.74) is 6.69. The predicted molar refractivity (Wildman–Crippen MR) is 91.1 cm³/mol. The molecule has 8 heteroatoms. The molecule has 8 nitrogen and oxygen atoms in total. The summed E-state index contributed by atoms with van der Waals surface area (Å²) >= 11 is 0. The highest BCUT2D eigenvalue weighted by Crippen LogP contribution is 2.33. The average Bonchev–Trinajstić information content (AvgIpc) is 3.34. The fourth-order valence-electron chi connectivity index (χ4n) is 3.61. The first-order valence-corrected chi connectivity index (χ1v) is 8.86. The number of carbonyl (C=O) groups is 1. The van der Waals surface area contributed by atoms with Crippen molar-refractivity contribution in [3.8, 4) is 0 Å². The van der Waals surface area contributed by atoms with E-state index in [4.69, 9.17) is 4.84 Å². The van der Waals surface area contributed by atoms with E-state index >= 15 is 0 Å². The van der Waals surface area contributed by atoms with Crippen LogP contribution in [-0.2, 0) is 16.1 Å². The Labute approximate surface area is 146 Å². The SMILES string of the molecule is CCC1NC(c2ccc3c(c2)CC[C@H]3NC(=O)[C@H]2CN(C)N=N2)NO1. The third kappa shape index (κ3) is 3.24. The lowest BCUT2D eigenvalue weighted by atomic mass is 10.0. The Bertz CT molecular complexity index is 694. The van der Waals surface area contributed by atoms with Gasteiger partial charge in [-0.15, -0.1) is 0 Å². The summed E-state index contributed by atoms with van der Waals surface area (Å²) in [4.78, 5) is 17.9. The second-order valence-corrected chi connectivity index (χ2v) is 6.85. The summed E-state index contributed by atoms with van der Waals surface area (Å²) in [6.45, 7) is 2.63. The van der Waals surface area contributed by atoms with Gasteiger partial charge in [-0.3, -0.25) is 20.0 Å². The van der Waals surface area contributed by atoms with Crippen molar-refractivity contribution >= 4 is 5.91 Å². The molecule has 1 amide bonds. The van der Waals surface area contributed by atoms with E-state index in [1.807, 2.05) is 7.05 Å². The molecule has 1 aliphatic carbocycles. The van der Waals surface area contributed by atoms with E-state index in [-0.39, 0.29) is 24.3 Å². The van der Waals surface area contributed by atoms with Crippen molar-refractivity contribution in [3.05, 3.63) is 34.9 Å². The van der Waals surface area contributed by atoms with E-state index in [2.05, 4.69) is 51.6 Å². The predicted octanol–water partition coefficient (Wildman–Crippen LogP) is 1.33. The molecule has 2 aliphatic heterocycles. The lowest BCUT2D eigenvalue weighted by Crippen LogP contribution is -2.38. The van der Waals surface area contributed by atoms with Crippen molar-refractivity contribution in [2.45, 2.75) is 50.7 Å². The molecule has 0 radical (unpaired) electrons. The highest BCUT2D eigenvalue weighted by molar-refractivity contribution is 5.82. The summed E-state index contributed by atoms with van der Waals surface area (Å²) in [5.74, 6) is -0.0478. The quantitative estimate of drug-likeness (QED) is 0.767. The molecule has 3 aliphatic rings. The van der Waals surface area contributed by atoms with Gasteiger partial charge in [-0.05, 0) is 36.0 Å². The number of fused-ring (bicyclic) bond motifs is 1. The number of amides is 1. The van der Waals surface area contributed by atoms with E-state index < -0.39 is 6.04 Å². The largest absolute Gasteiger partial charge is 0.347 e. The minimum atomic E-state index is -0.400. The fourth-order valence-corrected chi connectivity index (χ4v) is 3.61. The van der Waals surface area contributed by atoms with Gasteiger partial charge in [-0.2, -0.15) is 10.6 Å². The highest BCUT2D eigenvalue weighted by Gasteiger charge is 2.31. The van der Waals surface area contributed by atoms with E-state index in [0.717, 1.165) is 24.8 Å². The third-order valence-electron chi connectivity index (χ3n) is 5.03. The number of benzene rings is 1. The minimum Gasteiger partial charge on any atom is -0.347 e. The van der Waals surface area contributed by atoms with Gasteiger partial charge < -0.3 is 5.32 Å². The minimum absolute atomic E-state index is 0.0123. The number of aryl methyl sites for hydroxylation is 1. The molecule has 134 valence electrons. The summed E-state index contributed by atoms with van der Waals surface area (Å²) in [6.07, 6.45) is 2.85. The van der Waals surface area contributed by atoms with E-state index in [1.54, 1.807) is 5.01 Å². The first-order valence-electron chi connectivity index (χ1n) is 8.86. The van der Waals surface area contributed by atoms with Crippen molar-refractivity contribution in [3.63, 3.8) is 0 Å². The Balaban J connectivity index is 1.43. The summed E-state index contributed by atoms with van der Waals surface area (Å²) in [5, 5.41) is 16.1. The maximum atomic E-state index is 12.4. The molecule has 0 aromatic heterocycles. The normalized spacial score (nSPS) is 30.7. The van der Waals surface area contributed by atoms with Crippen LogP contribution in [0.1, 0.15) is 48.7 Å². The second-order valence-electron chi connectivity index (χ2n) is 6.85. The van der Waals surface area contributed by atoms with Gasteiger partial charge in [0.25, 0.3) is 0 Å². The zero-order valence-electron chi connectivity index (χ0n) is 14.5. The van der Waals surface area contributed by atoms with Crippen LogP contribution in [0, 0.1) is 0 Å². The van der Waals surface area contributed by atoms with Crippen molar-refractivity contribution in [1.29, 1.82) is 0 Å². The maximum Gasteiger partial charge on any atom is 0.249 e. The molecule has 2 unspecified atom stereocenters. The Hall–Kier alpha value is -2.03. The van der Waals surface area contributed by atoms with Crippen LogP contribution >= 0.6 is 0 Å². The van der Waals surface area contributed by atoms with Gasteiger partial charge in [-0.25, -0.2) is 0 Å². The Morgan fingerprint density at radius 2 is 2.36 bits per heavy atom. The number of rotatable bonds is 4. The van der Waals surface area contributed by atoms with Crippen molar-refractivity contribution in [2.24, 2.45) is 10.3 Å². The number of likely N-dealkylation sites (N-methyl/N-ethyl adjacent to an activating group) is 1. The lowest BCUT2D eigenvalue weighted by Gasteiger charge is -2.17. The van der Waals surface area contributed by atoms with Gasteiger partial charge in [0, 0.05) is 7.05 Å². The molecule has 1 saturated heterocycles. The molecule has 4 atom stereocenters. The third-order valence-corrected chi connectivity index (χ3v) is 5.03. The zero-order valence-corrected chi connectivity index (χ0v) is 14.5. The Kier molecular flexibility index (Phi) is 4.41. The van der Waals surface area contributed by atoms with Gasteiger partial charge in [0.2, 0.25) is 5.91 Å². The molecule has 25 heavy (non-hydrogen) atoms. The van der Waals surface area contributed by atoms with Crippen LogP contribution < -0.4 is 16.1 Å². The number of hydrogen-bond donors (Lipinski definition) is 3. The van der Waals surface area contributed by atoms with E-state index in [0.29, 0.717) is 6.54 Å². The number of nitrogens with one attached hydrogen (secondary N) is 3. The number of carbonyl (C=O) groups excluding carboxylic acids is 1. The molecule has 1 aromatic rings. The topological polar surface area (TPSA) is 90.4 Å². The standard InChI is InChI=1S/C17H24N6O2/c1-3-15-19-16(21-25-15)11-4-6-12-10(8-11)5-7-13(12)18-17(24)14-9-23(2)22-20-14/h4,6,8,13-16,19,21H,3,5,7,9H2,1-2H3,(H,18,24)/t13-,14-,15?,16?/m1/s1. The van der Waals surface area contributed by atoms with Gasteiger partial charge in [0.15, 0.2) is 6.04 Å². The van der Waals surface area contributed by atoms with Gasteiger partial charge in [0.05, 0.1) is 12.6 Å². The van der Waals surface area contributed by atoms with E-state index in [1.165, 1.54) is 11.1 Å². The van der Waals surface area contributed by atoms with Crippen LogP contribution in [0.15, 0.2) is 28.5 Å². The van der Waals surface area contributed by atoms with Crippen LogP contribution in [0.4, 0.5) is 0 Å². The van der Waals surface area contributed by atoms with Gasteiger partial charge >= 0.3 is 0 Å². The van der Waals surface area contributed by atoms with Crippen LogP contribution in [-0.4, -0.2) is 36.8 Å². The molecule has 2 heterocycles. The van der Waals surface area contributed by atoms with E-state index in [9.17, 15) is 4.79 Å². The molecule has 0 saturated carbocycles. The van der Waals surface area contributed by atoms with Crippen LogP contribution in [0.5, 0.6) is 0 Å². The highest BCUT2D eigenvalue weighted by atomic mass is 16.7. The molecule has 1 fully saturated rings. The molecule has 0 bridgehead atoms. The molecular weight excluding hydrogens is 320 g/mol. The smallest absolute Gasteiger partial charge is 0.249 e. The lowest BCUT2D eigenvalue weighted by molar-refractivity contribution is -0.122. The van der Waals surface area contributed by atoms with Crippen LogP contribution in [0.25, 0.3) is 0 Å². The monoisotopic (exact) mass is 344 g/mol. The molecule has 1 aromatic carbocycles.